The summed E-state index contributed by atoms with van der Waals surface area (Å²) >= 11 is 1.32. The number of phenolic OH excluding ortho intramolecular Hbond substituents is 1. The molecular formula is C16H14N2O3S. The minimum absolute atomic E-state index is 0.109. The molecule has 0 amide bonds. The normalized spacial score (nSPS) is 14.6. The van der Waals surface area contributed by atoms with Crippen LogP contribution in [0.3, 0.4) is 0 Å². The number of nitriles is 1. The van der Waals surface area contributed by atoms with Crippen molar-refractivity contribution < 1.29 is 14.6 Å². The molecule has 1 saturated heterocycles. The number of nitrogens with zero attached hydrogens (tertiary/aromatic N) is 2. The lowest BCUT2D eigenvalue weighted by molar-refractivity contribution is 0.112. The molecule has 0 unspecified atom stereocenters. The van der Waals surface area contributed by atoms with E-state index in [1.807, 2.05) is 0 Å². The summed E-state index contributed by atoms with van der Waals surface area (Å²) in [5.74, 6) is 0.109. The van der Waals surface area contributed by atoms with E-state index in [2.05, 4.69) is 11.0 Å². The van der Waals surface area contributed by atoms with Gasteiger partial charge in [0.1, 0.15) is 16.8 Å². The fraction of sp³-hybridized carbons (Fsp3) is 0.250. The smallest absolute Gasteiger partial charge is 0.160 e. The molecule has 1 fully saturated rings. The second-order valence-corrected chi connectivity index (χ2v) is 5.93. The van der Waals surface area contributed by atoms with Crippen LogP contribution in [0, 0.1) is 11.3 Å². The van der Waals surface area contributed by atoms with Crippen LogP contribution in [0.25, 0.3) is 11.1 Å². The Balaban J connectivity index is 2.15. The van der Waals surface area contributed by atoms with Crippen molar-refractivity contribution in [3.63, 3.8) is 0 Å². The quantitative estimate of drug-likeness (QED) is 0.882. The summed E-state index contributed by atoms with van der Waals surface area (Å²) in [7, 11) is 0. The topological polar surface area (TPSA) is 73.6 Å². The molecule has 1 N–H and O–H groups in total. The highest BCUT2D eigenvalue weighted by molar-refractivity contribution is 7.18. The number of carbonyl (C=O) groups is 1. The summed E-state index contributed by atoms with van der Waals surface area (Å²) in [6.07, 6.45) is 0.773. The zero-order chi connectivity index (χ0) is 15.5. The van der Waals surface area contributed by atoms with E-state index in [0.29, 0.717) is 47.9 Å². The Labute approximate surface area is 132 Å². The maximum Gasteiger partial charge on any atom is 0.160 e. The molecule has 1 aromatic carbocycles. The Morgan fingerprint density at radius 1 is 1.36 bits per heavy atom. The van der Waals surface area contributed by atoms with E-state index in [1.165, 1.54) is 11.3 Å². The SMILES string of the molecule is N#Cc1c(N2CCOCC2)sc(C=O)c1-c1cccc(O)c1. The number of aromatic hydroxyl groups is 1. The first-order valence-electron chi connectivity index (χ1n) is 6.88. The van der Waals surface area contributed by atoms with Gasteiger partial charge in [-0.1, -0.05) is 12.1 Å². The lowest BCUT2D eigenvalue weighted by atomic mass is 10.0. The summed E-state index contributed by atoms with van der Waals surface area (Å²) in [6.45, 7) is 2.63. The molecule has 0 saturated carbocycles. The summed E-state index contributed by atoms with van der Waals surface area (Å²) in [4.78, 5) is 14.0. The predicted molar refractivity (Wildman–Crippen MR) is 84.6 cm³/mol. The average molecular weight is 314 g/mol. The molecule has 0 spiro atoms. The van der Waals surface area contributed by atoms with Gasteiger partial charge in [-0.15, -0.1) is 11.3 Å². The molecule has 2 aromatic rings. The van der Waals surface area contributed by atoms with Gasteiger partial charge in [-0.3, -0.25) is 4.79 Å². The molecule has 22 heavy (non-hydrogen) atoms. The van der Waals surface area contributed by atoms with Crippen LogP contribution in [0.15, 0.2) is 24.3 Å². The van der Waals surface area contributed by atoms with Crippen LogP contribution < -0.4 is 4.90 Å². The first kappa shape index (κ1) is 14.6. The van der Waals surface area contributed by atoms with Crippen molar-refractivity contribution in [3.05, 3.63) is 34.7 Å². The van der Waals surface area contributed by atoms with E-state index < -0.39 is 0 Å². The second-order valence-electron chi connectivity index (χ2n) is 4.90. The number of benzene rings is 1. The Bertz CT molecular complexity index is 742. The zero-order valence-corrected chi connectivity index (χ0v) is 12.6. The molecule has 0 aliphatic carbocycles. The average Bonchev–Trinajstić information content (AvgIpc) is 2.94. The summed E-state index contributed by atoms with van der Waals surface area (Å²) in [6, 6.07) is 8.84. The standard InChI is InChI=1S/C16H14N2O3S/c17-9-13-15(11-2-1-3-12(20)8-11)14(10-19)22-16(13)18-4-6-21-7-5-18/h1-3,8,10,20H,4-7H2. The van der Waals surface area contributed by atoms with Gasteiger partial charge >= 0.3 is 0 Å². The van der Waals surface area contributed by atoms with Crippen LogP contribution in [-0.2, 0) is 4.74 Å². The van der Waals surface area contributed by atoms with Crippen molar-refractivity contribution in [2.75, 3.05) is 31.2 Å². The van der Waals surface area contributed by atoms with Gasteiger partial charge in [0, 0.05) is 18.7 Å². The number of thiophene rings is 1. The number of phenols is 1. The molecule has 3 rings (SSSR count). The van der Waals surface area contributed by atoms with Crippen molar-refractivity contribution in [1.82, 2.24) is 0 Å². The van der Waals surface area contributed by atoms with Crippen LogP contribution >= 0.6 is 11.3 Å². The molecule has 1 aromatic heterocycles. The lowest BCUT2D eigenvalue weighted by Gasteiger charge is -2.27. The minimum atomic E-state index is 0.109. The molecule has 6 heteroatoms. The number of ether oxygens (including phenoxy) is 1. The summed E-state index contributed by atoms with van der Waals surface area (Å²) in [5.41, 5.74) is 1.76. The maximum atomic E-state index is 11.4. The number of aldehydes is 1. The number of morpholine rings is 1. The third kappa shape index (κ3) is 2.56. The summed E-state index contributed by atoms with van der Waals surface area (Å²) in [5, 5.41) is 20.0. The van der Waals surface area contributed by atoms with Crippen molar-refractivity contribution >= 4 is 22.6 Å². The van der Waals surface area contributed by atoms with Crippen LogP contribution in [-0.4, -0.2) is 37.7 Å². The first-order valence-corrected chi connectivity index (χ1v) is 7.70. The highest BCUT2D eigenvalue weighted by Gasteiger charge is 2.24. The molecule has 0 atom stereocenters. The highest BCUT2D eigenvalue weighted by atomic mass is 32.1. The third-order valence-corrected chi connectivity index (χ3v) is 4.74. The van der Waals surface area contributed by atoms with E-state index in [4.69, 9.17) is 4.74 Å². The number of anilines is 1. The van der Waals surface area contributed by atoms with Crippen LogP contribution in [0.4, 0.5) is 5.00 Å². The molecule has 0 radical (unpaired) electrons. The second kappa shape index (κ2) is 6.18. The number of carbonyl (C=O) groups excluding carboxylic acids is 1. The van der Waals surface area contributed by atoms with E-state index in [9.17, 15) is 15.2 Å². The summed E-state index contributed by atoms with van der Waals surface area (Å²) < 4.78 is 5.34. The third-order valence-electron chi connectivity index (χ3n) is 3.57. The van der Waals surface area contributed by atoms with Gasteiger partial charge in [-0.25, -0.2) is 0 Å². The fourth-order valence-corrected chi connectivity index (χ4v) is 3.70. The van der Waals surface area contributed by atoms with E-state index in [0.717, 1.165) is 11.3 Å². The van der Waals surface area contributed by atoms with Crippen LogP contribution in [0.5, 0.6) is 5.75 Å². The molecule has 1 aliphatic heterocycles. The van der Waals surface area contributed by atoms with Gasteiger partial charge < -0.3 is 14.7 Å². The Morgan fingerprint density at radius 3 is 2.77 bits per heavy atom. The number of rotatable bonds is 3. The lowest BCUT2D eigenvalue weighted by Crippen LogP contribution is -2.36. The van der Waals surface area contributed by atoms with Crippen LogP contribution in [0.2, 0.25) is 0 Å². The van der Waals surface area contributed by atoms with E-state index in [1.54, 1.807) is 24.3 Å². The van der Waals surface area contributed by atoms with Crippen molar-refractivity contribution in [2.45, 2.75) is 0 Å². The van der Waals surface area contributed by atoms with Gasteiger partial charge in [0.05, 0.1) is 23.7 Å². The van der Waals surface area contributed by atoms with Crippen molar-refractivity contribution in [1.29, 1.82) is 5.26 Å². The van der Waals surface area contributed by atoms with Crippen molar-refractivity contribution in [2.24, 2.45) is 0 Å². The molecule has 1 aliphatic rings. The zero-order valence-electron chi connectivity index (χ0n) is 11.8. The minimum Gasteiger partial charge on any atom is -0.508 e. The Morgan fingerprint density at radius 2 is 2.14 bits per heavy atom. The van der Waals surface area contributed by atoms with Gasteiger partial charge in [0.25, 0.3) is 0 Å². The predicted octanol–water partition coefficient (Wildman–Crippen LogP) is 2.64. The van der Waals surface area contributed by atoms with Crippen molar-refractivity contribution in [3.8, 4) is 22.9 Å². The monoisotopic (exact) mass is 314 g/mol. The van der Waals surface area contributed by atoms with E-state index >= 15 is 0 Å². The highest BCUT2D eigenvalue weighted by Crippen LogP contribution is 2.41. The molecule has 2 heterocycles. The molecular weight excluding hydrogens is 300 g/mol. The van der Waals surface area contributed by atoms with Crippen LogP contribution in [0.1, 0.15) is 15.2 Å². The van der Waals surface area contributed by atoms with Gasteiger partial charge in [-0.05, 0) is 17.7 Å². The van der Waals surface area contributed by atoms with E-state index in [-0.39, 0.29) is 5.75 Å². The van der Waals surface area contributed by atoms with Gasteiger partial charge in [0.15, 0.2) is 6.29 Å². The Hall–Kier alpha value is -2.36. The largest absolute Gasteiger partial charge is 0.508 e. The van der Waals surface area contributed by atoms with Gasteiger partial charge in [0.2, 0.25) is 0 Å². The molecule has 5 nitrogen and oxygen atoms in total. The first-order chi connectivity index (χ1) is 10.7. The molecule has 112 valence electrons. The maximum absolute atomic E-state index is 11.4. The number of hydrogen-bond acceptors (Lipinski definition) is 6. The fourth-order valence-electron chi connectivity index (χ4n) is 2.56. The van der Waals surface area contributed by atoms with Gasteiger partial charge in [-0.2, -0.15) is 5.26 Å². The molecule has 0 bridgehead atoms. The number of hydrogen-bond donors (Lipinski definition) is 1. The Kier molecular flexibility index (Phi) is 4.09.